The lowest BCUT2D eigenvalue weighted by Crippen LogP contribution is -2.44. The van der Waals surface area contributed by atoms with Crippen molar-refractivity contribution >= 4 is 56.2 Å². The number of esters is 1. The van der Waals surface area contributed by atoms with E-state index in [-0.39, 0.29) is 22.1 Å². The maximum absolute atomic E-state index is 13.6. The Hall–Kier alpha value is -4.51. The molecule has 0 atom stereocenters. The minimum absolute atomic E-state index is 0.0376. The van der Waals surface area contributed by atoms with Gasteiger partial charge in [0.25, 0.3) is 15.9 Å². The van der Waals surface area contributed by atoms with Gasteiger partial charge in [0.05, 0.1) is 24.0 Å². The van der Waals surface area contributed by atoms with Gasteiger partial charge >= 0.3 is 5.97 Å². The molecule has 0 saturated carbocycles. The van der Waals surface area contributed by atoms with Gasteiger partial charge in [-0.2, -0.15) is 0 Å². The zero-order valence-electron chi connectivity index (χ0n) is 21.3. The van der Waals surface area contributed by atoms with Crippen LogP contribution in [0.15, 0.2) is 81.6 Å². The van der Waals surface area contributed by atoms with Gasteiger partial charge in [-0.15, -0.1) is 0 Å². The van der Waals surface area contributed by atoms with Crippen LogP contribution in [0.25, 0.3) is 0 Å². The molecule has 0 aromatic heterocycles. The van der Waals surface area contributed by atoms with Crippen LogP contribution >= 0.6 is 0 Å². The second-order valence-corrected chi connectivity index (χ2v) is 10.3. The number of anilines is 2. The minimum atomic E-state index is -3.98. The molecule has 10 nitrogen and oxygen atoms in total. The van der Waals surface area contributed by atoms with Gasteiger partial charge in [0.15, 0.2) is 11.5 Å². The van der Waals surface area contributed by atoms with Gasteiger partial charge < -0.3 is 15.4 Å². The number of rotatable bonds is 7. The predicted molar refractivity (Wildman–Crippen MR) is 147 cm³/mol. The van der Waals surface area contributed by atoms with Crippen LogP contribution in [0.4, 0.5) is 22.7 Å². The SMILES string of the molecule is CCNc1ccc(N=C(C(=O)Nc2ccc(C(=O)OC)cc2)C2=Nc3ccccc3S(=O)(=O)N2C)c(C)c1. The number of fused-ring (bicyclic) bond motifs is 1. The number of amidine groups is 1. The van der Waals surface area contributed by atoms with Gasteiger partial charge in [-0.25, -0.2) is 23.2 Å². The smallest absolute Gasteiger partial charge is 0.337 e. The molecule has 1 heterocycles. The molecule has 0 bridgehead atoms. The van der Waals surface area contributed by atoms with Crippen LogP contribution < -0.4 is 10.6 Å². The van der Waals surface area contributed by atoms with Crippen molar-refractivity contribution in [3.63, 3.8) is 0 Å². The van der Waals surface area contributed by atoms with E-state index in [9.17, 15) is 18.0 Å². The summed E-state index contributed by atoms with van der Waals surface area (Å²) in [5, 5.41) is 5.95. The Bertz CT molecular complexity index is 1560. The van der Waals surface area contributed by atoms with Crippen LogP contribution in [-0.4, -0.2) is 56.8 Å². The third-order valence-electron chi connectivity index (χ3n) is 5.83. The lowest BCUT2D eigenvalue weighted by molar-refractivity contribution is -0.110. The zero-order valence-corrected chi connectivity index (χ0v) is 22.2. The van der Waals surface area contributed by atoms with E-state index in [1.807, 2.05) is 26.0 Å². The highest BCUT2D eigenvalue weighted by molar-refractivity contribution is 7.90. The Kier molecular flexibility index (Phi) is 7.58. The molecule has 1 aliphatic heterocycles. The molecule has 0 aliphatic carbocycles. The molecule has 3 aromatic carbocycles. The first-order valence-electron chi connectivity index (χ1n) is 11.8. The molecule has 4 rings (SSSR count). The Morgan fingerprint density at radius 2 is 1.71 bits per heavy atom. The summed E-state index contributed by atoms with van der Waals surface area (Å²) in [5.74, 6) is -1.31. The van der Waals surface area contributed by atoms with Crippen LogP contribution in [0.3, 0.4) is 0 Å². The Balaban J connectivity index is 1.80. The summed E-state index contributed by atoms with van der Waals surface area (Å²) in [7, 11) is -1.36. The second-order valence-electron chi connectivity index (χ2n) is 8.39. The van der Waals surface area contributed by atoms with E-state index < -0.39 is 21.9 Å². The van der Waals surface area contributed by atoms with Crippen molar-refractivity contribution in [2.75, 3.05) is 31.3 Å². The molecule has 0 radical (unpaired) electrons. The molecule has 2 N–H and O–H groups in total. The van der Waals surface area contributed by atoms with Crippen molar-refractivity contribution in [1.29, 1.82) is 0 Å². The third-order valence-corrected chi connectivity index (χ3v) is 7.62. The fraction of sp³-hybridized carbons (Fsp3) is 0.185. The van der Waals surface area contributed by atoms with Gasteiger partial charge in [-0.05, 0) is 74.0 Å². The summed E-state index contributed by atoms with van der Waals surface area (Å²) < 4.78 is 32.2. The number of aliphatic imine (C=N–C) groups is 2. The van der Waals surface area contributed by atoms with E-state index in [1.54, 1.807) is 24.3 Å². The number of sulfonamides is 1. The van der Waals surface area contributed by atoms with Crippen LogP contribution in [0.2, 0.25) is 0 Å². The average molecular weight is 534 g/mol. The minimum Gasteiger partial charge on any atom is -0.465 e. The standard InChI is InChI=1S/C27H27N5O5S/c1-5-28-20-14-15-21(17(2)16-20)30-24(26(33)29-19-12-10-18(11-13-19)27(34)37-4)25-31-22-8-6-7-9-23(22)38(35,36)32(25)3/h6-16,28H,5H2,1-4H3,(H,29,33). The van der Waals surface area contributed by atoms with Crippen molar-refractivity contribution in [2.45, 2.75) is 18.7 Å². The highest BCUT2D eigenvalue weighted by atomic mass is 32.2. The number of methoxy groups -OCH3 is 1. The monoisotopic (exact) mass is 533 g/mol. The van der Waals surface area contributed by atoms with E-state index in [2.05, 4.69) is 20.6 Å². The van der Waals surface area contributed by atoms with Gasteiger partial charge in [-0.1, -0.05) is 12.1 Å². The van der Waals surface area contributed by atoms with Crippen molar-refractivity contribution in [3.05, 3.63) is 77.9 Å². The maximum Gasteiger partial charge on any atom is 0.337 e. The first kappa shape index (κ1) is 26.6. The van der Waals surface area contributed by atoms with E-state index in [4.69, 9.17) is 4.74 Å². The number of carbonyl (C=O) groups excluding carboxylic acids is 2. The van der Waals surface area contributed by atoms with Crippen LogP contribution in [0.5, 0.6) is 0 Å². The number of ether oxygens (including phenoxy) is 1. The maximum atomic E-state index is 13.6. The molecule has 0 spiro atoms. The molecule has 0 unspecified atom stereocenters. The third kappa shape index (κ3) is 5.28. The fourth-order valence-electron chi connectivity index (χ4n) is 3.83. The normalized spacial score (nSPS) is 14.3. The van der Waals surface area contributed by atoms with Crippen molar-refractivity contribution in [3.8, 4) is 0 Å². The van der Waals surface area contributed by atoms with Crippen molar-refractivity contribution in [1.82, 2.24) is 4.31 Å². The molecular weight excluding hydrogens is 506 g/mol. The first-order valence-corrected chi connectivity index (χ1v) is 13.2. The van der Waals surface area contributed by atoms with Gasteiger partial charge in [0.2, 0.25) is 0 Å². The molecule has 3 aromatic rings. The quantitative estimate of drug-likeness (QED) is 0.344. The molecule has 38 heavy (non-hydrogen) atoms. The molecule has 0 fully saturated rings. The number of hydrogen-bond donors (Lipinski definition) is 2. The summed E-state index contributed by atoms with van der Waals surface area (Å²) in [5.41, 5.74) is 2.85. The van der Waals surface area contributed by atoms with Crippen molar-refractivity contribution in [2.24, 2.45) is 9.98 Å². The lowest BCUT2D eigenvalue weighted by Gasteiger charge is -2.26. The lowest BCUT2D eigenvalue weighted by atomic mass is 10.1. The van der Waals surface area contributed by atoms with Crippen molar-refractivity contribution < 1.29 is 22.7 Å². The summed E-state index contributed by atoms with van der Waals surface area (Å²) in [4.78, 5) is 34.5. The number of carbonyl (C=O) groups is 2. The zero-order chi connectivity index (χ0) is 27.4. The molecular formula is C27H27N5O5S. The highest BCUT2D eigenvalue weighted by Gasteiger charge is 2.36. The van der Waals surface area contributed by atoms with Crippen LogP contribution in [-0.2, 0) is 19.6 Å². The molecule has 1 aliphatic rings. The molecule has 1 amide bonds. The Morgan fingerprint density at radius 1 is 1.03 bits per heavy atom. The fourth-order valence-corrected chi connectivity index (χ4v) is 5.11. The number of aryl methyl sites for hydroxylation is 1. The summed E-state index contributed by atoms with van der Waals surface area (Å²) >= 11 is 0. The van der Waals surface area contributed by atoms with Gasteiger partial charge in [0, 0.05) is 25.0 Å². The number of nitrogens with one attached hydrogen (secondary N) is 2. The summed E-state index contributed by atoms with van der Waals surface area (Å²) in [6.07, 6.45) is 0. The van der Waals surface area contributed by atoms with E-state index in [0.717, 1.165) is 22.1 Å². The topological polar surface area (TPSA) is 130 Å². The Morgan fingerprint density at radius 3 is 2.37 bits per heavy atom. The van der Waals surface area contributed by atoms with E-state index in [1.165, 1.54) is 44.5 Å². The predicted octanol–water partition coefficient (Wildman–Crippen LogP) is 4.29. The highest BCUT2D eigenvalue weighted by Crippen LogP contribution is 2.32. The molecule has 0 saturated heterocycles. The second kappa shape index (κ2) is 10.9. The van der Waals surface area contributed by atoms with Crippen LogP contribution in [0.1, 0.15) is 22.8 Å². The molecule has 11 heteroatoms. The largest absolute Gasteiger partial charge is 0.465 e. The average Bonchev–Trinajstić information content (AvgIpc) is 2.91. The number of benzene rings is 3. The molecule has 196 valence electrons. The summed E-state index contributed by atoms with van der Waals surface area (Å²) in [6, 6.07) is 17.9. The first-order chi connectivity index (χ1) is 18.1. The van der Waals surface area contributed by atoms with Gasteiger partial charge in [-0.3, -0.25) is 9.10 Å². The van der Waals surface area contributed by atoms with E-state index >= 15 is 0 Å². The van der Waals surface area contributed by atoms with E-state index in [0.29, 0.717) is 16.9 Å². The number of hydrogen-bond acceptors (Lipinski definition) is 8. The number of para-hydroxylation sites is 1. The Labute approximate surface area is 221 Å². The number of amides is 1. The summed E-state index contributed by atoms with van der Waals surface area (Å²) in [6.45, 7) is 4.57. The van der Waals surface area contributed by atoms with Crippen LogP contribution in [0, 0.1) is 6.92 Å². The number of nitrogens with zero attached hydrogens (tertiary/aromatic N) is 3. The van der Waals surface area contributed by atoms with Gasteiger partial charge in [0.1, 0.15) is 4.90 Å².